The topological polar surface area (TPSA) is 168 Å². The molecule has 8 N–H and O–H groups in total. The molecule has 0 radical (unpaired) electrons. The monoisotopic (exact) mass is 408 g/mol. The molecule has 0 spiro atoms. The van der Waals surface area contributed by atoms with Gasteiger partial charge in [-0.3, -0.25) is 9.59 Å². The third kappa shape index (κ3) is 8.49. The van der Waals surface area contributed by atoms with Crippen LogP contribution in [0.25, 0.3) is 0 Å². The highest BCUT2D eigenvalue weighted by Crippen LogP contribution is 2.11. The van der Waals surface area contributed by atoms with Gasteiger partial charge in [0.1, 0.15) is 17.8 Å². The van der Waals surface area contributed by atoms with Crippen LogP contribution in [0, 0.1) is 5.92 Å². The first kappa shape index (κ1) is 24.4. The smallest absolute Gasteiger partial charge is 0.326 e. The van der Waals surface area contributed by atoms with Crippen LogP contribution in [-0.4, -0.2) is 52.7 Å². The predicted octanol–water partition coefficient (Wildman–Crippen LogP) is 0.101. The molecule has 0 aliphatic rings. The number of hydrogen-bond donors (Lipinski definition) is 6. The maximum Gasteiger partial charge on any atom is 0.326 e. The molecule has 3 unspecified atom stereocenters. The summed E-state index contributed by atoms with van der Waals surface area (Å²) in [5.41, 5.74) is 12.1. The van der Waals surface area contributed by atoms with Crippen LogP contribution in [0.3, 0.4) is 0 Å². The summed E-state index contributed by atoms with van der Waals surface area (Å²) >= 11 is 0. The molecule has 0 heterocycles. The van der Waals surface area contributed by atoms with Crippen LogP contribution >= 0.6 is 0 Å². The van der Waals surface area contributed by atoms with Gasteiger partial charge in [-0.2, -0.15) is 0 Å². The van der Waals surface area contributed by atoms with Crippen molar-refractivity contribution in [2.75, 3.05) is 6.54 Å². The molecular weight excluding hydrogens is 376 g/mol. The summed E-state index contributed by atoms with van der Waals surface area (Å²) in [7, 11) is 0. The fraction of sp³-hybridized carbons (Fsp3) is 0.550. The van der Waals surface area contributed by atoms with E-state index >= 15 is 0 Å². The molecule has 0 saturated heterocycles. The van der Waals surface area contributed by atoms with E-state index in [9.17, 15) is 24.6 Å². The van der Waals surface area contributed by atoms with Crippen molar-refractivity contribution in [3.8, 4) is 5.75 Å². The maximum absolute atomic E-state index is 12.6. The van der Waals surface area contributed by atoms with Crippen molar-refractivity contribution in [2.45, 2.75) is 57.7 Å². The van der Waals surface area contributed by atoms with Crippen LogP contribution in [0.15, 0.2) is 24.3 Å². The van der Waals surface area contributed by atoms with Gasteiger partial charge in [-0.05, 0) is 55.8 Å². The lowest BCUT2D eigenvalue weighted by Crippen LogP contribution is -2.56. The number of rotatable bonds is 12. The minimum Gasteiger partial charge on any atom is -0.508 e. The van der Waals surface area contributed by atoms with E-state index < -0.39 is 35.9 Å². The lowest BCUT2D eigenvalue weighted by molar-refractivity contribution is -0.142. The number of carboxylic acid groups (broad SMARTS) is 1. The number of carboxylic acids is 1. The Labute approximate surface area is 170 Å². The van der Waals surface area contributed by atoms with E-state index in [1.807, 2.05) is 0 Å². The molecule has 1 aromatic carbocycles. The van der Waals surface area contributed by atoms with Crippen molar-refractivity contribution in [2.24, 2.45) is 17.4 Å². The number of phenolic OH excluding ortho intramolecular Hbond substituents is 1. The largest absolute Gasteiger partial charge is 0.508 e. The lowest BCUT2D eigenvalue weighted by Gasteiger charge is -2.25. The van der Waals surface area contributed by atoms with Crippen LogP contribution in [0.5, 0.6) is 5.75 Å². The van der Waals surface area contributed by atoms with E-state index in [1.54, 1.807) is 26.0 Å². The Morgan fingerprint density at radius 2 is 1.66 bits per heavy atom. The summed E-state index contributed by atoms with van der Waals surface area (Å²) in [5.74, 6) is -2.36. The number of aliphatic carboxylic acids is 1. The summed E-state index contributed by atoms with van der Waals surface area (Å²) in [6, 6.07) is 3.47. The van der Waals surface area contributed by atoms with E-state index in [2.05, 4.69) is 10.6 Å². The summed E-state index contributed by atoms with van der Waals surface area (Å²) in [6.07, 6.45) is 1.73. The molecule has 0 fully saturated rings. The Bertz CT molecular complexity index is 678. The van der Waals surface area contributed by atoms with Gasteiger partial charge in [0.15, 0.2) is 0 Å². The van der Waals surface area contributed by atoms with Crippen LogP contribution in [0.1, 0.15) is 38.7 Å². The molecule has 1 rings (SSSR count). The van der Waals surface area contributed by atoms with Gasteiger partial charge in [0.2, 0.25) is 11.8 Å². The number of amides is 2. The first-order chi connectivity index (χ1) is 13.6. The van der Waals surface area contributed by atoms with Crippen molar-refractivity contribution >= 4 is 17.8 Å². The van der Waals surface area contributed by atoms with Gasteiger partial charge in [0.25, 0.3) is 0 Å². The number of carbonyl (C=O) groups excluding carboxylic acids is 2. The van der Waals surface area contributed by atoms with E-state index in [0.717, 1.165) is 5.56 Å². The van der Waals surface area contributed by atoms with Gasteiger partial charge in [0.05, 0.1) is 6.04 Å². The molecule has 0 bridgehead atoms. The predicted molar refractivity (Wildman–Crippen MR) is 109 cm³/mol. The highest BCUT2D eigenvalue weighted by molar-refractivity contribution is 5.92. The van der Waals surface area contributed by atoms with Gasteiger partial charge < -0.3 is 32.3 Å². The number of nitrogens with one attached hydrogen (secondary N) is 2. The number of aromatic hydroxyl groups is 1. The average molecular weight is 408 g/mol. The molecule has 162 valence electrons. The zero-order valence-electron chi connectivity index (χ0n) is 16.9. The summed E-state index contributed by atoms with van der Waals surface area (Å²) in [5, 5.41) is 23.8. The summed E-state index contributed by atoms with van der Waals surface area (Å²) in [6.45, 7) is 3.95. The molecule has 9 nitrogen and oxygen atoms in total. The Hall–Kier alpha value is -2.65. The van der Waals surface area contributed by atoms with E-state index in [4.69, 9.17) is 11.5 Å². The fourth-order valence-electron chi connectivity index (χ4n) is 2.79. The zero-order chi connectivity index (χ0) is 22.0. The van der Waals surface area contributed by atoms with Crippen molar-refractivity contribution < 1.29 is 24.6 Å². The number of benzene rings is 1. The Morgan fingerprint density at radius 3 is 2.17 bits per heavy atom. The number of hydrogen-bond acceptors (Lipinski definition) is 6. The molecule has 0 aromatic heterocycles. The van der Waals surface area contributed by atoms with Gasteiger partial charge in [0, 0.05) is 0 Å². The van der Waals surface area contributed by atoms with Crippen molar-refractivity contribution in [1.29, 1.82) is 0 Å². The third-order valence-electron chi connectivity index (χ3n) is 4.54. The maximum atomic E-state index is 12.6. The quantitative estimate of drug-likeness (QED) is 0.267. The van der Waals surface area contributed by atoms with Crippen LogP contribution in [-0.2, 0) is 20.8 Å². The summed E-state index contributed by atoms with van der Waals surface area (Å²) < 4.78 is 0. The number of phenols is 1. The molecule has 0 aliphatic heterocycles. The second kappa shape index (κ2) is 12.0. The van der Waals surface area contributed by atoms with Gasteiger partial charge in [-0.15, -0.1) is 0 Å². The Morgan fingerprint density at radius 1 is 1.03 bits per heavy atom. The lowest BCUT2D eigenvalue weighted by atomic mass is 10.0. The standard InChI is InChI=1S/C20H32N4O5/c1-12(2)17(19(27)23-16(20(28)29)5-3-4-10-21)24-18(26)15(22)11-13-6-8-14(25)9-7-13/h6-9,12,15-17,25H,3-5,10-11,21-22H2,1-2H3,(H,23,27)(H,24,26)(H,28,29). The average Bonchev–Trinajstić information content (AvgIpc) is 2.66. The van der Waals surface area contributed by atoms with Crippen LogP contribution in [0.2, 0.25) is 0 Å². The molecule has 1 aromatic rings. The minimum atomic E-state index is -1.13. The molecule has 9 heteroatoms. The van der Waals surface area contributed by atoms with Gasteiger partial charge in [-0.1, -0.05) is 26.0 Å². The molecule has 0 saturated carbocycles. The van der Waals surface area contributed by atoms with Crippen molar-refractivity contribution in [1.82, 2.24) is 10.6 Å². The van der Waals surface area contributed by atoms with E-state index in [-0.39, 0.29) is 24.5 Å². The molecular formula is C20H32N4O5. The zero-order valence-corrected chi connectivity index (χ0v) is 16.9. The highest BCUT2D eigenvalue weighted by Gasteiger charge is 2.29. The Balaban J connectivity index is 2.71. The number of nitrogens with two attached hydrogens (primary N) is 2. The first-order valence-corrected chi connectivity index (χ1v) is 9.72. The first-order valence-electron chi connectivity index (χ1n) is 9.72. The Kier molecular flexibility index (Phi) is 10.1. The highest BCUT2D eigenvalue weighted by atomic mass is 16.4. The molecule has 3 atom stereocenters. The summed E-state index contributed by atoms with van der Waals surface area (Å²) in [4.78, 5) is 36.5. The van der Waals surface area contributed by atoms with E-state index in [1.165, 1.54) is 12.1 Å². The minimum absolute atomic E-state index is 0.114. The van der Waals surface area contributed by atoms with E-state index in [0.29, 0.717) is 19.4 Å². The van der Waals surface area contributed by atoms with Crippen LogP contribution < -0.4 is 22.1 Å². The van der Waals surface area contributed by atoms with Crippen molar-refractivity contribution in [3.05, 3.63) is 29.8 Å². The van der Waals surface area contributed by atoms with Crippen molar-refractivity contribution in [3.63, 3.8) is 0 Å². The fourth-order valence-corrected chi connectivity index (χ4v) is 2.79. The second-order valence-corrected chi connectivity index (χ2v) is 7.39. The third-order valence-corrected chi connectivity index (χ3v) is 4.54. The number of carbonyl (C=O) groups is 3. The molecule has 29 heavy (non-hydrogen) atoms. The molecule has 2 amide bonds. The van der Waals surface area contributed by atoms with Gasteiger partial charge in [-0.25, -0.2) is 4.79 Å². The second-order valence-electron chi connectivity index (χ2n) is 7.39. The normalized spacial score (nSPS) is 14.1. The van der Waals surface area contributed by atoms with Gasteiger partial charge >= 0.3 is 5.97 Å². The SMILES string of the molecule is CC(C)C(NC(=O)C(N)Cc1ccc(O)cc1)C(=O)NC(CCCCN)C(=O)O. The van der Waals surface area contributed by atoms with Crippen LogP contribution in [0.4, 0.5) is 0 Å². The number of unbranched alkanes of at least 4 members (excludes halogenated alkanes) is 1. The molecule has 0 aliphatic carbocycles.